The highest BCUT2D eigenvalue weighted by Gasteiger charge is 2.11. The third-order valence-electron chi connectivity index (χ3n) is 2.08. The summed E-state index contributed by atoms with van der Waals surface area (Å²) in [6, 6.07) is 1.61. The van der Waals surface area contributed by atoms with Crippen LogP contribution in [0.15, 0.2) is 27.6 Å². The van der Waals surface area contributed by atoms with E-state index in [0.29, 0.717) is 28.9 Å². The maximum atomic E-state index is 11.8. The van der Waals surface area contributed by atoms with Crippen LogP contribution in [0.5, 0.6) is 0 Å². The predicted molar refractivity (Wildman–Crippen MR) is 67.3 cm³/mol. The molecule has 1 N–H and O–H groups in total. The van der Waals surface area contributed by atoms with Gasteiger partial charge in [-0.1, -0.05) is 16.8 Å². The number of rotatable bonds is 4. The van der Waals surface area contributed by atoms with Gasteiger partial charge in [0.1, 0.15) is 5.15 Å². The molecule has 2 rings (SSSR count). The Kier molecular flexibility index (Phi) is 4.27. The Balaban J connectivity index is 1.93. The van der Waals surface area contributed by atoms with Crippen LogP contribution in [0.4, 0.5) is 0 Å². The van der Waals surface area contributed by atoms with Crippen LogP contribution in [-0.2, 0) is 6.42 Å². The van der Waals surface area contributed by atoms with Gasteiger partial charge in [-0.25, -0.2) is 4.98 Å². The second-order valence-electron chi connectivity index (χ2n) is 3.33. The number of aromatic nitrogens is 3. The number of halogens is 2. The van der Waals surface area contributed by atoms with Crippen LogP contribution in [0, 0.1) is 0 Å². The lowest BCUT2D eigenvalue weighted by molar-refractivity contribution is 0.0953. The number of amides is 1. The average molecular weight is 332 g/mol. The molecule has 0 saturated carbocycles. The van der Waals surface area contributed by atoms with Crippen LogP contribution in [-0.4, -0.2) is 27.6 Å². The van der Waals surface area contributed by atoms with E-state index in [0.717, 1.165) is 0 Å². The number of carbonyl (C=O) groups excluding carboxylic acids is 1. The van der Waals surface area contributed by atoms with Gasteiger partial charge in [0.15, 0.2) is 6.33 Å². The van der Waals surface area contributed by atoms with E-state index in [1.165, 1.54) is 12.5 Å². The van der Waals surface area contributed by atoms with Crippen molar-refractivity contribution in [2.24, 2.45) is 0 Å². The number of pyridine rings is 1. The Hall–Kier alpha value is -1.47. The van der Waals surface area contributed by atoms with Gasteiger partial charge in [0.05, 0.1) is 5.56 Å². The Morgan fingerprint density at radius 2 is 2.33 bits per heavy atom. The molecule has 0 bridgehead atoms. The van der Waals surface area contributed by atoms with Crippen molar-refractivity contribution < 1.29 is 9.32 Å². The summed E-state index contributed by atoms with van der Waals surface area (Å²) in [4.78, 5) is 19.5. The van der Waals surface area contributed by atoms with Crippen LogP contribution in [0.1, 0.15) is 16.2 Å². The van der Waals surface area contributed by atoms with Crippen LogP contribution in [0.3, 0.4) is 0 Å². The van der Waals surface area contributed by atoms with Crippen molar-refractivity contribution in [2.45, 2.75) is 6.42 Å². The quantitative estimate of drug-likeness (QED) is 0.865. The number of hydrogen-bond donors (Lipinski definition) is 1. The summed E-state index contributed by atoms with van der Waals surface area (Å²) in [5, 5.41) is 6.32. The molecule has 0 fully saturated rings. The van der Waals surface area contributed by atoms with Gasteiger partial charge in [0.25, 0.3) is 5.91 Å². The first-order valence-electron chi connectivity index (χ1n) is 5.01. The molecule has 18 heavy (non-hydrogen) atoms. The summed E-state index contributed by atoms with van der Waals surface area (Å²) in [5.41, 5.74) is 0.316. The van der Waals surface area contributed by atoms with Crippen molar-refractivity contribution in [1.29, 1.82) is 0 Å². The number of hydrogen-bond acceptors (Lipinski definition) is 5. The molecule has 2 heterocycles. The molecule has 6 nitrogen and oxygen atoms in total. The van der Waals surface area contributed by atoms with E-state index in [2.05, 4.69) is 36.4 Å². The summed E-state index contributed by atoms with van der Waals surface area (Å²) in [5.74, 6) is 0.169. The largest absolute Gasteiger partial charge is 0.351 e. The molecule has 0 aromatic carbocycles. The van der Waals surface area contributed by atoms with Gasteiger partial charge >= 0.3 is 0 Å². The van der Waals surface area contributed by atoms with Gasteiger partial charge in [-0.05, 0) is 22.0 Å². The summed E-state index contributed by atoms with van der Waals surface area (Å²) < 4.78 is 5.49. The molecule has 0 saturated heterocycles. The Morgan fingerprint density at radius 1 is 1.50 bits per heavy atom. The first-order valence-corrected chi connectivity index (χ1v) is 6.18. The van der Waals surface area contributed by atoms with Crippen LogP contribution < -0.4 is 5.32 Å². The highest BCUT2D eigenvalue weighted by molar-refractivity contribution is 9.10. The zero-order valence-electron chi connectivity index (χ0n) is 9.06. The van der Waals surface area contributed by atoms with Gasteiger partial charge in [-0.2, -0.15) is 4.98 Å². The van der Waals surface area contributed by atoms with Crippen LogP contribution >= 0.6 is 27.5 Å². The summed E-state index contributed by atoms with van der Waals surface area (Å²) >= 11 is 9.07. The van der Waals surface area contributed by atoms with Crippen molar-refractivity contribution >= 4 is 33.4 Å². The molecule has 0 aliphatic carbocycles. The molecule has 2 aromatic rings. The van der Waals surface area contributed by atoms with Crippen molar-refractivity contribution in [3.63, 3.8) is 0 Å². The van der Waals surface area contributed by atoms with E-state index in [1.807, 2.05) is 0 Å². The van der Waals surface area contributed by atoms with E-state index in [9.17, 15) is 4.79 Å². The van der Waals surface area contributed by atoms with E-state index >= 15 is 0 Å². The molecule has 8 heteroatoms. The van der Waals surface area contributed by atoms with E-state index in [4.69, 9.17) is 16.1 Å². The minimum absolute atomic E-state index is 0.161. The third-order valence-corrected chi connectivity index (χ3v) is 2.82. The topological polar surface area (TPSA) is 80.9 Å². The standard InChI is InChI=1S/C10H8BrClN4O2/c11-6-3-7(9(12)14-4-6)10(17)13-2-1-8-15-5-16-18-8/h3-5H,1-2H2,(H,13,17). The molecule has 0 spiro atoms. The molecule has 0 unspecified atom stereocenters. The third kappa shape index (κ3) is 3.27. The molecular weight excluding hydrogens is 323 g/mol. The lowest BCUT2D eigenvalue weighted by atomic mass is 10.2. The maximum absolute atomic E-state index is 11.8. The smallest absolute Gasteiger partial charge is 0.254 e. The fourth-order valence-electron chi connectivity index (χ4n) is 1.27. The van der Waals surface area contributed by atoms with Crippen LogP contribution in [0.25, 0.3) is 0 Å². The fourth-order valence-corrected chi connectivity index (χ4v) is 1.79. The van der Waals surface area contributed by atoms with E-state index < -0.39 is 0 Å². The van der Waals surface area contributed by atoms with Gasteiger partial charge in [0, 0.05) is 23.6 Å². The monoisotopic (exact) mass is 330 g/mol. The lowest BCUT2D eigenvalue weighted by Crippen LogP contribution is -2.26. The first-order chi connectivity index (χ1) is 8.66. The van der Waals surface area contributed by atoms with Crippen molar-refractivity contribution in [3.8, 4) is 0 Å². The van der Waals surface area contributed by atoms with Crippen molar-refractivity contribution in [1.82, 2.24) is 20.4 Å². The second-order valence-corrected chi connectivity index (χ2v) is 4.61. The summed E-state index contributed by atoms with van der Waals surface area (Å²) in [6.45, 7) is 0.379. The van der Waals surface area contributed by atoms with E-state index in [1.54, 1.807) is 6.07 Å². The Bertz CT molecular complexity index is 547. The van der Waals surface area contributed by atoms with Gasteiger partial charge < -0.3 is 9.84 Å². The Labute approximate surface area is 116 Å². The number of nitrogens with zero attached hydrogens (tertiary/aromatic N) is 3. The predicted octanol–water partition coefficient (Wildman–Crippen LogP) is 1.85. The molecule has 1 amide bonds. The average Bonchev–Trinajstić information content (AvgIpc) is 2.85. The zero-order valence-corrected chi connectivity index (χ0v) is 11.4. The minimum Gasteiger partial charge on any atom is -0.351 e. The number of carbonyl (C=O) groups is 1. The summed E-state index contributed by atoms with van der Waals surface area (Å²) in [7, 11) is 0. The first kappa shape index (κ1) is 13.0. The van der Waals surface area contributed by atoms with E-state index in [-0.39, 0.29) is 11.1 Å². The molecular formula is C10H8BrClN4O2. The van der Waals surface area contributed by atoms with Crippen LogP contribution in [0.2, 0.25) is 5.15 Å². The molecule has 0 atom stereocenters. The summed E-state index contributed by atoms with van der Waals surface area (Å²) in [6.07, 6.45) is 3.30. The number of nitrogens with one attached hydrogen (secondary N) is 1. The van der Waals surface area contributed by atoms with Crippen molar-refractivity contribution in [2.75, 3.05) is 6.54 Å². The second kappa shape index (κ2) is 5.92. The van der Waals surface area contributed by atoms with Crippen molar-refractivity contribution in [3.05, 3.63) is 39.7 Å². The fraction of sp³-hybridized carbons (Fsp3) is 0.200. The molecule has 0 aliphatic rings. The zero-order chi connectivity index (χ0) is 13.0. The van der Waals surface area contributed by atoms with Gasteiger partial charge in [-0.3, -0.25) is 4.79 Å². The molecule has 2 aromatic heterocycles. The Morgan fingerprint density at radius 3 is 3.06 bits per heavy atom. The van der Waals surface area contributed by atoms with Gasteiger partial charge in [0.2, 0.25) is 5.89 Å². The minimum atomic E-state index is -0.298. The molecule has 94 valence electrons. The molecule has 0 aliphatic heterocycles. The highest BCUT2D eigenvalue weighted by Crippen LogP contribution is 2.17. The normalized spacial score (nSPS) is 10.3. The van der Waals surface area contributed by atoms with Gasteiger partial charge in [-0.15, -0.1) is 0 Å². The maximum Gasteiger partial charge on any atom is 0.254 e. The lowest BCUT2D eigenvalue weighted by Gasteiger charge is -2.05. The highest BCUT2D eigenvalue weighted by atomic mass is 79.9. The molecule has 0 radical (unpaired) electrons. The SMILES string of the molecule is O=C(NCCc1ncno1)c1cc(Br)cnc1Cl.